The summed E-state index contributed by atoms with van der Waals surface area (Å²) in [5, 5.41) is 9.87. The maximum absolute atomic E-state index is 13.4. The van der Waals surface area contributed by atoms with Crippen molar-refractivity contribution >= 4 is 28.4 Å². The van der Waals surface area contributed by atoms with Crippen molar-refractivity contribution in [3.05, 3.63) is 78.6 Å². The van der Waals surface area contributed by atoms with E-state index in [-0.39, 0.29) is 11.8 Å². The Labute approximate surface area is 202 Å². The van der Waals surface area contributed by atoms with Crippen LogP contribution in [0.4, 0.5) is 5.95 Å². The zero-order valence-electron chi connectivity index (χ0n) is 19.5. The third-order valence-corrected chi connectivity index (χ3v) is 6.75. The maximum Gasteiger partial charge on any atom is 0.230 e. The van der Waals surface area contributed by atoms with Crippen molar-refractivity contribution in [2.24, 2.45) is 0 Å². The van der Waals surface area contributed by atoms with Crippen molar-refractivity contribution in [2.45, 2.75) is 19.3 Å². The van der Waals surface area contributed by atoms with Crippen molar-refractivity contribution < 1.29 is 9.21 Å². The zero-order chi connectivity index (χ0) is 23.8. The topological polar surface area (TPSA) is 79.8 Å². The lowest BCUT2D eigenvalue weighted by molar-refractivity contribution is -0.133. The SMILES string of the molecule is CC[C@@H](C(=O)N1CCN(c2nc3ccccc3c3nnc(-c4ccco4)n23)CC1)c1ccccc1. The third-order valence-electron chi connectivity index (χ3n) is 6.75. The molecule has 1 aliphatic rings. The molecule has 1 amide bonds. The van der Waals surface area contributed by atoms with Gasteiger partial charge in [0.15, 0.2) is 11.4 Å². The van der Waals surface area contributed by atoms with Gasteiger partial charge in [0.2, 0.25) is 17.7 Å². The lowest BCUT2D eigenvalue weighted by Gasteiger charge is -2.37. The fourth-order valence-corrected chi connectivity index (χ4v) is 4.93. The number of carbonyl (C=O) groups excluding carboxylic acids is 1. The number of furan rings is 1. The first-order chi connectivity index (χ1) is 17.2. The van der Waals surface area contributed by atoms with Crippen molar-refractivity contribution in [1.82, 2.24) is 24.5 Å². The molecule has 0 aliphatic carbocycles. The minimum atomic E-state index is -0.114. The lowest BCUT2D eigenvalue weighted by Crippen LogP contribution is -2.50. The summed E-state index contributed by atoms with van der Waals surface area (Å²) in [6, 6.07) is 21.7. The van der Waals surface area contributed by atoms with Crippen molar-refractivity contribution in [2.75, 3.05) is 31.1 Å². The van der Waals surface area contributed by atoms with Gasteiger partial charge in [-0.3, -0.25) is 4.79 Å². The standard InChI is InChI=1S/C27H26N6O2/c1-2-20(19-9-4-3-5-10-19)26(34)31-14-16-32(17-15-31)27-28-22-12-7-6-11-21(22)24-29-30-25(33(24)27)23-13-8-18-35-23/h3-13,18,20H,2,14-17H2,1H3/t20-/m1/s1. The predicted octanol–water partition coefficient (Wildman–Crippen LogP) is 4.38. The highest BCUT2D eigenvalue weighted by molar-refractivity contribution is 5.93. The molecule has 1 saturated heterocycles. The van der Waals surface area contributed by atoms with Crippen molar-refractivity contribution in [3.63, 3.8) is 0 Å². The minimum absolute atomic E-state index is 0.114. The van der Waals surface area contributed by atoms with Crippen LogP contribution in [0.3, 0.4) is 0 Å². The molecule has 35 heavy (non-hydrogen) atoms. The Hall–Kier alpha value is -4.20. The summed E-state index contributed by atoms with van der Waals surface area (Å²) in [7, 11) is 0. The van der Waals surface area contributed by atoms with Gasteiger partial charge in [-0.1, -0.05) is 49.4 Å². The summed E-state index contributed by atoms with van der Waals surface area (Å²) >= 11 is 0. The third kappa shape index (κ3) is 3.71. The van der Waals surface area contributed by atoms with E-state index in [0.717, 1.165) is 34.5 Å². The van der Waals surface area contributed by atoms with Gasteiger partial charge in [-0.2, -0.15) is 0 Å². The molecule has 0 N–H and O–H groups in total. The predicted molar refractivity (Wildman–Crippen MR) is 134 cm³/mol. The van der Waals surface area contributed by atoms with Gasteiger partial charge >= 0.3 is 0 Å². The van der Waals surface area contributed by atoms with Gasteiger partial charge in [-0.05, 0) is 36.2 Å². The summed E-state index contributed by atoms with van der Waals surface area (Å²) in [5.74, 6) is 2.09. The second-order valence-electron chi connectivity index (χ2n) is 8.77. The Balaban J connectivity index is 1.32. The molecule has 0 spiro atoms. The summed E-state index contributed by atoms with van der Waals surface area (Å²) in [6.07, 6.45) is 2.41. The summed E-state index contributed by atoms with van der Waals surface area (Å²) in [6.45, 7) is 4.69. The number of benzene rings is 2. The average Bonchev–Trinajstić information content (AvgIpc) is 3.60. The molecular weight excluding hydrogens is 440 g/mol. The molecule has 0 saturated carbocycles. The maximum atomic E-state index is 13.4. The highest BCUT2D eigenvalue weighted by atomic mass is 16.3. The monoisotopic (exact) mass is 466 g/mol. The van der Waals surface area contributed by atoms with Crippen LogP contribution in [0.25, 0.3) is 28.1 Å². The summed E-state index contributed by atoms with van der Waals surface area (Å²) in [4.78, 5) is 22.6. The van der Waals surface area contributed by atoms with E-state index in [1.54, 1.807) is 6.26 Å². The van der Waals surface area contributed by atoms with E-state index in [9.17, 15) is 4.79 Å². The van der Waals surface area contributed by atoms with Gasteiger partial charge in [0.25, 0.3) is 0 Å². The molecule has 0 bridgehead atoms. The molecule has 1 atom stereocenters. The first-order valence-electron chi connectivity index (χ1n) is 12.0. The quantitative estimate of drug-likeness (QED) is 0.382. The first-order valence-corrected chi connectivity index (χ1v) is 12.0. The highest BCUT2D eigenvalue weighted by Gasteiger charge is 2.29. The van der Waals surface area contributed by atoms with Crippen LogP contribution in [0.15, 0.2) is 77.4 Å². The van der Waals surface area contributed by atoms with Crippen LogP contribution >= 0.6 is 0 Å². The van der Waals surface area contributed by atoms with E-state index < -0.39 is 0 Å². The van der Waals surface area contributed by atoms with E-state index in [1.165, 1.54) is 0 Å². The van der Waals surface area contributed by atoms with Crippen LogP contribution < -0.4 is 4.90 Å². The van der Waals surface area contributed by atoms with Gasteiger partial charge in [0, 0.05) is 31.6 Å². The van der Waals surface area contributed by atoms with Crippen LogP contribution in [-0.2, 0) is 4.79 Å². The number of amides is 1. The Kier molecular flexibility index (Phi) is 5.41. The minimum Gasteiger partial charge on any atom is -0.461 e. The second-order valence-corrected chi connectivity index (χ2v) is 8.77. The number of fused-ring (bicyclic) bond motifs is 3. The molecule has 0 unspecified atom stereocenters. The zero-order valence-corrected chi connectivity index (χ0v) is 19.5. The molecule has 8 nitrogen and oxygen atoms in total. The number of carbonyl (C=O) groups is 1. The molecule has 1 aliphatic heterocycles. The Morgan fingerprint density at radius 3 is 2.46 bits per heavy atom. The smallest absolute Gasteiger partial charge is 0.230 e. The van der Waals surface area contributed by atoms with Crippen molar-refractivity contribution in [3.8, 4) is 11.6 Å². The number of piperazine rings is 1. The van der Waals surface area contributed by atoms with Crippen LogP contribution in [0.1, 0.15) is 24.8 Å². The highest BCUT2D eigenvalue weighted by Crippen LogP contribution is 2.30. The normalized spacial score (nSPS) is 15.1. The molecular formula is C27H26N6O2. The Morgan fingerprint density at radius 2 is 1.71 bits per heavy atom. The van der Waals surface area contributed by atoms with Crippen LogP contribution in [0.2, 0.25) is 0 Å². The molecule has 5 aromatic rings. The first kappa shape index (κ1) is 21.3. The van der Waals surface area contributed by atoms with Gasteiger partial charge in [-0.25, -0.2) is 9.38 Å². The van der Waals surface area contributed by atoms with E-state index in [1.807, 2.05) is 76.0 Å². The molecule has 176 valence electrons. The van der Waals surface area contributed by atoms with E-state index in [2.05, 4.69) is 22.0 Å². The van der Waals surface area contributed by atoms with E-state index >= 15 is 0 Å². The summed E-state index contributed by atoms with van der Waals surface area (Å²) < 4.78 is 7.62. The summed E-state index contributed by atoms with van der Waals surface area (Å²) in [5.41, 5.74) is 2.68. The number of anilines is 1. The van der Waals surface area contributed by atoms with Gasteiger partial charge < -0.3 is 14.2 Å². The van der Waals surface area contributed by atoms with Gasteiger partial charge in [0.05, 0.1) is 17.7 Å². The Morgan fingerprint density at radius 1 is 0.943 bits per heavy atom. The number of nitrogens with zero attached hydrogens (tertiary/aromatic N) is 6. The van der Waals surface area contributed by atoms with Gasteiger partial charge in [-0.15, -0.1) is 10.2 Å². The molecule has 8 heteroatoms. The average molecular weight is 467 g/mol. The lowest BCUT2D eigenvalue weighted by atomic mass is 9.95. The number of rotatable bonds is 5. The van der Waals surface area contributed by atoms with Crippen LogP contribution in [-0.4, -0.2) is 56.6 Å². The second kappa shape index (κ2) is 8.87. The Bertz CT molecular complexity index is 1470. The molecule has 0 radical (unpaired) electrons. The fraction of sp³-hybridized carbons (Fsp3) is 0.259. The van der Waals surface area contributed by atoms with Crippen molar-refractivity contribution in [1.29, 1.82) is 0 Å². The largest absolute Gasteiger partial charge is 0.461 e. The molecule has 2 aromatic carbocycles. The van der Waals surface area contributed by atoms with Crippen LogP contribution in [0, 0.1) is 0 Å². The molecule has 6 rings (SSSR count). The van der Waals surface area contributed by atoms with Gasteiger partial charge in [0.1, 0.15) is 0 Å². The molecule has 4 heterocycles. The number of para-hydroxylation sites is 1. The van der Waals surface area contributed by atoms with E-state index in [0.29, 0.717) is 37.8 Å². The number of hydrogen-bond acceptors (Lipinski definition) is 6. The fourth-order valence-electron chi connectivity index (χ4n) is 4.93. The molecule has 3 aromatic heterocycles. The molecule has 1 fully saturated rings. The van der Waals surface area contributed by atoms with E-state index in [4.69, 9.17) is 9.40 Å². The van der Waals surface area contributed by atoms with Crippen LogP contribution in [0.5, 0.6) is 0 Å². The number of aromatic nitrogens is 4. The number of hydrogen-bond donors (Lipinski definition) is 0.